The van der Waals surface area contributed by atoms with Crippen LogP contribution in [0, 0.1) is 0 Å². The molecule has 0 spiro atoms. The molecule has 0 aliphatic carbocycles. The molecule has 32 heavy (non-hydrogen) atoms. The average Bonchev–Trinajstić information content (AvgIpc) is 3.25. The number of amides is 2. The topological polar surface area (TPSA) is 96.0 Å². The maximum Gasteiger partial charge on any atom is 0.251 e. The van der Waals surface area contributed by atoms with E-state index >= 15 is 0 Å². The van der Waals surface area contributed by atoms with Gasteiger partial charge in [0, 0.05) is 37.6 Å². The normalized spacial score (nSPS) is 14.7. The van der Waals surface area contributed by atoms with Crippen LogP contribution >= 0.6 is 11.3 Å². The van der Waals surface area contributed by atoms with E-state index < -0.39 is 22.0 Å². The first-order valence-electron chi connectivity index (χ1n) is 10.4. The van der Waals surface area contributed by atoms with E-state index in [1.807, 2.05) is 18.4 Å². The number of hydrogen-bond donors (Lipinski definition) is 1. The summed E-state index contributed by atoms with van der Waals surface area (Å²) >= 11 is 1.70. The van der Waals surface area contributed by atoms with Gasteiger partial charge in [-0.2, -0.15) is 0 Å². The number of carbonyl (C=O) groups is 2. The Morgan fingerprint density at radius 3 is 2.69 bits per heavy atom. The molecule has 0 saturated carbocycles. The molecule has 2 aromatic rings. The van der Waals surface area contributed by atoms with Crippen molar-refractivity contribution < 1.29 is 22.7 Å². The molecule has 1 aliphatic heterocycles. The van der Waals surface area contributed by atoms with E-state index in [1.165, 1.54) is 44.3 Å². The number of fused-ring (bicyclic) bond motifs is 1. The molecule has 0 fully saturated rings. The van der Waals surface area contributed by atoms with E-state index in [0.717, 1.165) is 22.7 Å². The van der Waals surface area contributed by atoms with Gasteiger partial charge in [0.15, 0.2) is 0 Å². The first-order valence-corrected chi connectivity index (χ1v) is 12.8. The van der Waals surface area contributed by atoms with Gasteiger partial charge >= 0.3 is 0 Å². The van der Waals surface area contributed by atoms with Gasteiger partial charge in [0.05, 0.1) is 7.11 Å². The third-order valence-electron chi connectivity index (χ3n) is 5.48. The fourth-order valence-electron chi connectivity index (χ4n) is 3.66. The molecule has 1 aromatic heterocycles. The molecule has 0 bridgehead atoms. The number of benzene rings is 1. The van der Waals surface area contributed by atoms with Gasteiger partial charge in [-0.05, 0) is 48.1 Å². The van der Waals surface area contributed by atoms with Crippen molar-refractivity contribution in [1.82, 2.24) is 14.5 Å². The van der Waals surface area contributed by atoms with Crippen LogP contribution in [0.25, 0.3) is 0 Å². The van der Waals surface area contributed by atoms with Crippen LogP contribution in [-0.4, -0.2) is 63.2 Å². The van der Waals surface area contributed by atoms with Crippen molar-refractivity contribution >= 4 is 33.2 Å². The summed E-state index contributed by atoms with van der Waals surface area (Å²) in [5, 5.41) is 4.85. The predicted octanol–water partition coefficient (Wildman–Crippen LogP) is 2.49. The van der Waals surface area contributed by atoms with Gasteiger partial charge < -0.3 is 15.0 Å². The Morgan fingerprint density at radius 2 is 2.03 bits per heavy atom. The molecule has 2 heterocycles. The van der Waals surface area contributed by atoms with Gasteiger partial charge in [-0.25, -0.2) is 12.7 Å². The third-order valence-corrected chi connectivity index (χ3v) is 8.34. The maximum absolute atomic E-state index is 13.2. The van der Waals surface area contributed by atoms with Crippen LogP contribution < -0.4 is 10.1 Å². The van der Waals surface area contributed by atoms with Crippen LogP contribution in [0.2, 0.25) is 0 Å². The predicted molar refractivity (Wildman–Crippen MR) is 123 cm³/mol. The van der Waals surface area contributed by atoms with Gasteiger partial charge in [-0.1, -0.05) is 13.3 Å². The van der Waals surface area contributed by atoms with E-state index in [1.54, 1.807) is 16.2 Å². The molecule has 1 atom stereocenters. The quantitative estimate of drug-likeness (QED) is 0.628. The monoisotopic (exact) mass is 479 g/mol. The number of rotatable bonds is 8. The zero-order chi connectivity index (χ0) is 23.5. The second-order valence-corrected chi connectivity index (χ2v) is 11.0. The summed E-state index contributed by atoms with van der Waals surface area (Å²) in [4.78, 5) is 29.2. The SMILES string of the molecule is CCC[C@@H](NC(=O)c1ccc(OC)c(S(=O)(=O)N(C)C)c1)C(=O)N1CCc2sccc2C1. The zero-order valence-electron chi connectivity index (χ0n) is 18.8. The lowest BCUT2D eigenvalue weighted by molar-refractivity contribution is -0.134. The van der Waals surface area contributed by atoms with Gasteiger partial charge in [0.1, 0.15) is 16.7 Å². The molecule has 1 aliphatic rings. The Balaban J connectivity index is 1.81. The van der Waals surface area contributed by atoms with Gasteiger partial charge in [-0.3, -0.25) is 9.59 Å². The second-order valence-electron chi connectivity index (χ2n) is 7.85. The van der Waals surface area contributed by atoms with Crippen molar-refractivity contribution in [2.45, 2.75) is 43.7 Å². The molecule has 1 N–H and O–H groups in total. The van der Waals surface area contributed by atoms with Crippen LogP contribution in [0.1, 0.15) is 40.6 Å². The highest BCUT2D eigenvalue weighted by Crippen LogP contribution is 2.27. The Kier molecular flexibility index (Phi) is 7.58. The van der Waals surface area contributed by atoms with Crippen molar-refractivity contribution in [2.75, 3.05) is 27.7 Å². The highest BCUT2D eigenvalue weighted by atomic mass is 32.2. The fourth-order valence-corrected chi connectivity index (χ4v) is 5.63. The summed E-state index contributed by atoms with van der Waals surface area (Å²) in [6.45, 7) is 3.12. The molecule has 8 nitrogen and oxygen atoms in total. The molecule has 174 valence electrons. The first-order chi connectivity index (χ1) is 15.2. The Hall–Kier alpha value is -2.43. The lowest BCUT2D eigenvalue weighted by Gasteiger charge is -2.31. The van der Waals surface area contributed by atoms with Crippen molar-refractivity contribution in [3.8, 4) is 5.75 Å². The summed E-state index contributed by atoms with van der Waals surface area (Å²) in [6, 6.07) is 5.59. The molecular formula is C22H29N3O5S2. The lowest BCUT2D eigenvalue weighted by atomic mass is 10.1. The number of thiophene rings is 1. The molecule has 0 saturated heterocycles. The number of methoxy groups -OCH3 is 1. The number of nitrogens with zero attached hydrogens (tertiary/aromatic N) is 2. The summed E-state index contributed by atoms with van der Waals surface area (Å²) in [7, 11) is 0.379. The van der Waals surface area contributed by atoms with Crippen molar-refractivity contribution in [2.24, 2.45) is 0 Å². The largest absolute Gasteiger partial charge is 0.495 e. The number of carbonyl (C=O) groups excluding carboxylic acids is 2. The number of hydrogen-bond acceptors (Lipinski definition) is 6. The van der Waals surface area contributed by atoms with Crippen LogP contribution in [0.5, 0.6) is 5.75 Å². The molecule has 10 heteroatoms. The number of sulfonamides is 1. The Morgan fingerprint density at radius 1 is 1.28 bits per heavy atom. The first kappa shape index (κ1) is 24.2. The maximum atomic E-state index is 13.2. The average molecular weight is 480 g/mol. The van der Waals surface area contributed by atoms with Crippen LogP contribution in [-0.2, 0) is 27.8 Å². The van der Waals surface area contributed by atoms with E-state index in [0.29, 0.717) is 19.5 Å². The van der Waals surface area contributed by atoms with E-state index in [4.69, 9.17) is 4.74 Å². The van der Waals surface area contributed by atoms with Crippen LogP contribution in [0.4, 0.5) is 0 Å². The van der Waals surface area contributed by atoms with Crippen molar-refractivity contribution in [3.63, 3.8) is 0 Å². The molecule has 2 amide bonds. The van der Waals surface area contributed by atoms with Crippen molar-refractivity contribution in [3.05, 3.63) is 45.6 Å². The van der Waals surface area contributed by atoms with Gasteiger partial charge in [-0.15, -0.1) is 11.3 Å². The summed E-state index contributed by atoms with van der Waals surface area (Å²) < 4.78 is 31.6. The summed E-state index contributed by atoms with van der Waals surface area (Å²) in [5.41, 5.74) is 1.31. The molecule has 0 radical (unpaired) electrons. The fraction of sp³-hybridized carbons (Fsp3) is 0.455. The third kappa shape index (κ3) is 4.97. The van der Waals surface area contributed by atoms with Crippen LogP contribution in [0.3, 0.4) is 0 Å². The highest BCUT2D eigenvalue weighted by molar-refractivity contribution is 7.89. The minimum absolute atomic E-state index is 0.1000. The summed E-state index contributed by atoms with van der Waals surface area (Å²) in [5.74, 6) is -0.467. The van der Waals surface area contributed by atoms with Gasteiger partial charge in [0.25, 0.3) is 5.91 Å². The standard InChI is InChI=1S/C22H29N3O5S2/c1-5-6-17(22(27)25-11-9-19-16(14-25)10-12-31-19)23-21(26)15-7-8-18(30-4)20(13-15)32(28,29)24(2)3/h7-8,10,12-13,17H,5-6,9,11,14H2,1-4H3,(H,23,26)/t17-/m1/s1. The van der Waals surface area contributed by atoms with Crippen LogP contribution in [0.15, 0.2) is 34.5 Å². The zero-order valence-corrected chi connectivity index (χ0v) is 20.4. The van der Waals surface area contributed by atoms with E-state index in [2.05, 4.69) is 5.32 Å². The van der Waals surface area contributed by atoms with E-state index in [-0.39, 0.29) is 22.1 Å². The number of nitrogens with one attached hydrogen (secondary N) is 1. The van der Waals surface area contributed by atoms with E-state index in [9.17, 15) is 18.0 Å². The Bertz CT molecular complexity index is 1090. The Labute approximate surface area is 193 Å². The molecular weight excluding hydrogens is 450 g/mol. The smallest absolute Gasteiger partial charge is 0.251 e. The van der Waals surface area contributed by atoms with Gasteiger partial charge in [0.2, 0.25) is 15.9 Å². The summed E-state index contributed by atoms with van der Waals surface area (Å²) in [6.07, 6.45) is 2.03. The minimum Gasteiger partial charge on any atom is -0.495 e. The minimum atomic E-state index is -3.82. The van der Waals surface area contributed by atoms with Crippen molar-refractivity contribution in [1.29, 1.82) is 0 Å². The molecule has 0 unspecified atom stereocenters. The second kappa shape index (κ2) is 10.0. The highest BCUT2D eigenvalue weighted by Gasteiger charge is 2.30. The number of ether oxygens (including phenoxy) is 1. The molecule has 3 rings (SSSR count). The molecule has 1 aromatic carbocycles. The lowest BCUT2D eigenvalue weighted by Crippen LogP contribution is -2.49.